The maximum Gasteiger partial charge on any atom is 0.271 e. The van der Waals surface area contributed by atoms with Crippen molar-refractivity contribution in [1.82, 2.24) is 15.1 Å². The van der Waals surface area contributed by atoms with Crippen molar-refractivity contribution in [3.8, 4) is 0 Å². The molecule has 0 saturated carbocycles. The Morgan fingerprint density at radius 2 is 2.18 bits per heavy atom. The summed E-state index contributed by atoms with van der Waals surface area (Å²) in [6.07, 6.45) is 1.06. The Morgan fingerprint density at radius 1 is 1.35 bits per heavy atom. The lowest BCUT2D eigenvalue weighted by atomic mass is 10.1. The van der Waals surface area contributed by atoms with Crippen molar-refractivity contribution in [1.29, 1.82) is 0 Å². The molecule has 6 nitrogen and oxygen atoms in total. The summed E-state index contributed by atoms with van der Waals surface area (Å²) < 4.78 is 24.3. The van der Waals surface area contributed by atoms with E-state index >= 15 is 0 Å². The highest BCUT2D eigenvalue weighted by atomic mass is 32.2. The summed E-state index contributed by atoms with van der Waals surface area (Å²) in [5.41, 5.74) is 0.866. The number of hydrogen-bond donors (Lipinski definition) is 2. The number of H-pyrrole nitrogens is 1. The molecule has 7 heteroatoms. The average Bonchev–Trinajstić information content (AvgIpc) is 2.89. The quantitative estimate of drug-likeness (QED) is 0.727. The first kappa shape index (κ1) is 11.0. The van der Waals surface area contributed by atoms with Gasteiger partial charge in [-0.25, -0.2) is 8.42 Å². The lowest BCUT2D eigenvalue weighted by Gasteiger charge is -2.08. The fourth-order valence-electron chi connectivity index (χ4n) is 2.59. The van der Waals surface area contributed by atoms with Crippen LogP contribution in [0.3, 0.4) is 0 Å². The number of hydrogen-bond acceptors (Lipinski definition) is 4. The Morgan fingerprint density at radius 3 is 2.82 bits per heavy atom. The summed E-state index contributed by atoms with van der Waals surface area (Å²) in [7, 11) is -3.09. The molecule has 0 aliphatic carbocycles. The summed E-state index contributed by atoms with van der Waals surface area (Å²) >= 11 is 0. The van der Waals surface area contributed by atoms with E-state index in [0.29, 0.717) is 23.7 Å². The predicted molar refractivity (Wildman–Crippen MR) is 62.4 cm³/mol. The van der Waals surface area contributed by atoms with Crippen LogP contribution in [0.4, 0.5) is 0 Å². The SMILES string of the molecule is O=c1c2c([nH]n1CC1CCNC1)CS(=O)(=O)C2. The van der Waals surface area contributed by atoms with Crippen LogP contribution in [0.2, 0.25) is 0 Å². The van der Waals surface area contributed by atoms with Gasteiger partial charge in [-0.15, -0.1) is 0 Å². The first-order valence-corrected chi connectivity index (χ1v) is 7.59. The van der Waals surface area contributed by atoms with Crippen LogP contribution in [0.25, 0.3) is 0 Å². The van der Waals surface area contributed by atoms with Crippen molar-refractivity contribution in [3.05, 3.63) is 21.6 Å². The average molecular weight is 257 g/mol. The standard InChI is InChI=1S/C10H15N3O3S/c14-10-8-5-17(15,16)6-9(8)12-13(10)4-7-1-2-11-3-7/h7,11-12H,1-6H2. The molecule has 1 saturated heterocycles. The molecule has 3 heterocycles. The van der Waals surface area contributed by atoms with Crippen LogP contribution in [-0.4, -0.2) is 31.3 Å². The summed E-state index contributed by atoms with van der Waals surface area (Å²) in [6.45, 7) is 2.57. The molecule has 0 aromatic carbocycles. The lowest BCUT2D eigenvalue weighted by Crippen LogP contribution is -2.25. The number of aromatic nitrogens is 2. The third-order valence-corrected chi connectivity index (χ3v) is 4.93. The second kappa shape index (κ2) is 3.71. The minimum atomic E-state index is -3.09. The molecular formula is C10H15N3O3S. The van der Waals surface area contributed by atoms with E-state index in [1.807, 2.05) is 0 Å². The van der Waals surface area contributed by atoms with Gasteiger partial charge in [0.25, 0.3) is 5.56 Å². The topological polar surface area (TPSA) is 84.0 Å². The number of nitrogens with one attached hydrogen (secondary N) is 2. The van der Waals surface area contributed by atoms with Crippen molar-refractivity contribution in [2.45, 2.75) is 24.5 Å². The third kappa shape index (κ3) is 1.93. The highest BCUT2D eigenvalue weighted by Gasteiger charge is 2.30. The molecule has 1 fully saturated rings. The van der Waals surface area contributed by atoms with E-state index in [1.165, 1.54) is 0 Å². The molecule has 0 amide bonds. The van der Waals surface area contributed by atoms with Crippen LogP contribution in [0.1, 0.15) is 17.7 Å². The molecule has 17 heavy (non-hydrogen) atoms. The molecule has 2 aliphatic rings. The molecule has 0 radical (unpaired) electrons. The van der Waals surface area contributed by atoms with Crippen molar-refractivity contribution in [2.24, 2.45) is 5.92 Å². The van der Waals surface area contributed by atoms with E-state index in [-0.39, 0.29) is 17.1 Å². The number of rotatable bonds is 2. The Bertz CT molecular complexity index is 593. The highest BCUT2D eigenvalue weighted by Crippen LogP contribution is 2.20. The van der Waals surface area contributed by atoms with Gasteiger partial charge in [0.1, 0.15) is 0 Å². The molecular weight excluding hydrogens is 242 g/mol. The Kier molecular flexibility index (Phi) is 2.41. The maximum atomic E-state index is 12.0. The summed E-state index contributed by atoms with van der Waals surface area (Å²) in [5, 5.41) is 6.19. The van der Waals surface area contributed by atoms with Crippen LogP contribution in [0.15, 0.2) is 4.79 Å². The van der Waals surface area contributed by atoms with Gasteiger partial charge in [0, 0.05) is 6.54 Å². The third-order valence-electron chi connectivity index (χ3n) is 3.47. The smallest absolute Gasteiger partial charge is 0.271 e. The Balaban J connectivity index is 1.87. The van der Waals surface area contributed by atoms with Gasteiger partial charge in [0.15, 0.2) is 9.84 Å². The highest BCUT2D eigenvalue weighted by molar-refractivity contribution is 7.90. The molecule has 1 aromatic rings. The Labute approximate surface area is 98.9 Å². The normalized spacial score (nSPS) is 26.2. The van der Waals surface area contributed by atoms with Crippen molar-refractivity contribution in [2.75, 3.05) is 13.1 Å². The van der Waals surface area contributed by atoms with Crippen LogP contribution >= 0.6 is 0 Å². The first-order chi connectivity index (χ1) is 8.05. The summed E-state index contributed by atoms with van der Waals surface area (Å²) in [5.74, 6) is 0.337. The van der Waals surface area contributed by atoms with Gasteiger partial charge in [-0.05, 0) is 25.4 Å². The van der Waals surface area contributed by atoms with Gasteiger partial charge >= 0.3 is 0 Å². The van der Waals surface area contributed by atoms with E-state index in [9.17, 15) is 13.2 Å². The van der Waals surface area contributed by atoms with E-state index in [0.717, 1.165) is 19.5 Å². The minimum Gasteiger partial charge on any atom is -0.316 e. The molecule has 3 rings (SSSR count). The van der Waals surface area contributed by atoms with Gasteiger partial charge < -0.3 is 5.32 Å². The van der Waals surface area contributed by atoms with Crippen molar-refractivity contribution in [3.63, 3.8) is 0 Å². The zero-order valence-corrected chi connectivity index (χ0v) is 10.2. The molecule has 0 spiro atoms. The lowest BCUT2D eigenvalue weighted by molar-refractivity contribution is 0.439. The van der Waals surface area contributed by atoms with Gasteiger partial charge in [-0.3, -0.25) is 14.6 Å². The van der Waals surface area contributed by atoms with E-state index < -0.39 is 9.84 Å². The van der Waals surface area contributed by atoms with E-state index in [2.05, 4.69) is 10.4 Å². The van der Waals surface area contributed by atoms with Crippen LogP contribution in [0, 0.1) is 5.92 Å². The largest absolute Gasteiger partial charge is 0.316 e. The first-order valence-electron chi connectivity index (χ1n) is 5.77. The number of fused-ring (bicyclic) bond motifs is 1. The van der Waals surface area contributed by atoms with Gasteiger partial charge in [-0.2, -0.15) is 0 Å². The van der Waals surface area contributed by atoms with Crippen LogP contribution in [0.5, 0.6) is 0 Å². The van der Waals surface area contributed by atoms with E-state index in [4.69, 9.17) is 0 Å². The summed E-state index contributed by atoms with van der Waals surface area (Å²) in [6, 6.07) is 0. The fourth-order valence-corrected chi connectivity index (χ4v) is 4.11. The maximum absolute atomic E-state index is 12.0. The number of aromatic amines is 1. The molecule has 94 valence electrons. The second-order valence-corrected chi connectivity index (χ2v) is 6.94. The molecule has 1 atom stereocenters. The van der Waals surface area contributed by atoms with Crippen molar-refractivity contribution < 1.29 is 8.42 Å². The predicted octanol–water partition coefficient (Wildman–Crippen LogP) is -0.786. The monoisotopic (exact) mass is 257 g/mol. The molecule has 1 unspecified atom stereocenters. The van der Waals surface area contributed by atoms with E-state index in [1.54, 1.807) is 4.68 Å². The van der Waals surface area contributed by atoms with Gasteiger partial charge in [-0.1, -0.05) is 0 Å². The summed E-state index contributed by atoms with van der Waals surface area (Å²) in [4.78, 5) is 12.0. The molecule has 2 aliphatic heterocycles. The molecule has 0 bridgehead atoms. The zero-order valence-electron chi connectivity index (χ0n) is 9.40. The van der Waals surface area contributed by atoms with Gasteiger partial charge in [0.05, 0.1) is 22.8 Å². The Hall–Kier alpha value is -1.08. The second-order valence-electron chi connectivity index (χ2n) is 4.88. The molecule has 2 N–H and O–H groups in total. The number of nitrogens with zero attached hydrogens (tertiary/aromatic N) is 1. The van der Waals surface area contributed by atoms with Gasteiger partial charge in [0.2, 0.25) is 0 Å². The number of sulfone groups is 1. The van der Waals surface area contributed by atoms with Crippen LogP contribution < -0.4 is 10.9 Å². The zero-order chi connectivity index (χ0) is 12.0. The minimum absolute atomic E-state index is 0.0203. The fraction of sp³-hybridized carbons (Fsp3) is 0.700. The van der Waals surface area contributed by atoms with Crippen molar-refractivity contribution >= 4 is 9.84 Å². The van der Waals surface area contributed by atoms with Crippen LogP contribution in [-0.2, 0) is 27.9 Å². The molecule has 1 aromatic heterocycles.